The summed E-state index contributed by atoms with van der Waals surface area (Å²) >= 11 is 0. The number of aliphatic carboxylic acids is 1. The molecule has 15 nitrogen and oxygen atoms in total. The van der Waals surface area contributed by atoms with Gasteiger partial charge in [0, 0.05) is 35.9 Å². The first-order valence-electron chi connectivity index (χ1n) is 17.9. The molecule has 4 rings (SSSR count). The number of hydrogen-bond donors (Lipinski definition) is 4. The molecule has 0 saturated heterocycles. The summed E-state index contributed by atoms with van der Waals surface area (Å²) in [5.74, 6) is -1.23. The number of fused-ring (bicyclic) bond motifs is 1. The maximum atomic E-state index is 13.3. The molecule has 56 heavy (non-hydrogen) atoms. The number of carbonyl (C=O) groups excluding carboxylic acids is 3. The Kier molecular flexibility index (Phi) is 13.3. The van der Waals surface area contributed by atoms with Crippen LogP contribution >= 0.6 is 0 Å². The van der Waals surface area contributed by atoms with Crippen molar-refractivity contribution in [3.8, 4) is 0 Å². The molecule has 0 aliphatic carbocycles. The van der Waals surface area contributed by atoms with Gasteiger partial charge in [-0.15, -0.1) is 0 Å². The van der Waals surface area contributed by atoms with Gasteiger partial charge in [0.1, 0.15) is 11.2 Å². The quantitative estimate of drug-likeness (QED) is 0.102. The first kappa shape index (κ1) is 43.0. The number of pyridine rings is 1. The van der Waals surface area contributed by atoms with Gasteiger partial charge in [-0.25, -0.2) is 32.6 Å². The minimum atomic E-state index is -3.48. The van der Waals surface area contributed by atoms with Crippen LogP contribution in [0.25, 0.3) is 10.8 Å². The molecule has 5 N–H and O–H groups in total. The Balaban J connectivity index is 1.48. The topological polar surface area (TPSA) is 217 Å². The number of nitrogens with zero attached hydrogens (tertiary/aromatic N) is 2. The molecule has 0 fully saturated rings. The van der Waals surface area contributed by atoms with Crippen molar-refractivity contribution in [2.45, 2.75) is 90.5 Å². The molecule has 3 amide bonds. The third kappa shape index (κ3) is 11.2. The number of hydrogen-bond acceptors (Lipinski definition) is 12. The first-order valence-corrected chi connectivity index (χ1v) is 19.5. The number of nitrogens with two attached hydrogens (primary N) is 1. The second-order valence-corrected chi connectivity index (χ2v) is 17.2. The van der Waals surface area contributed by atoms with Gasteiger partial charge in [0.15, 0.2) is 21.7 Å². The van der Waals surface area contributed by atoms with Crippen molar-refractivity contribution in [2.24, 2.45) is 5.73 Å². The van der Waals surface area contributed by atoms with Gasteiger partial charge >= 0.3 is 24.2 Å². The van der Waals surface area contributed by atoms with Crippen LogP contribution < -0.4 is 21.3 Å². The molecular weight excluding hydrogens is 743 g/mol. The highest BCUT2D eigenvalue weighted by atomic mass is 32.2. The number of ether oxygens (including phenoxy) is 3. The van der Waals surface area contributed by atoms with E-state index in [9.17, 15) is 32.7 Å². The van der Waals surface area contributed by atoms with Crippen LogP contribution in [-0.2, 0) is 41.8 Å². The summed E-state index contributed by atoms with van der Waals surface area (Å²) < 4.78 is 41.0. The highest BCUT2D eigenvalue weighted by Gasteiger charge is 2.34. The Morgan fingerprint density at radius 2 is 1.52 bits per heavy atom. The maximum absolute atomic E-state index is 13.3. The van der Waals surface area contributed by atoms with Crippen LogP contribution in [0.5, 0.6) is 0 Å². The number of nitrogens with one attached hydrogen (secondary N) is 2. The predicted octanol–water partition coefficient (Wildman–Crippen LogP) is 7.50. The van der Waals surface area contributed by atoms with Crippen LogP contribution in [0.4, 0.5) is 31.6 Å². The average molecular weight is 792 g/mol. The molecule has 300 valence electrons. The summed E-state index contributed by atoms with van der Waals surface area (Å²) in [6, 6.07) is 15.0. The summed E-state index contributed by atoms with van der Waals surface area (Å²) in [5, 5.41) is 16.8. The Morgan fingerprint density at radius 3 is 2.09 bits per heavy atom. The molecule has 0 saturated carbocycles. The van der Waals surface area contributed by atoms with Crippen molar-refractivity contribution in [3.05, 3.63) is 89.1 Å². The van der Waals surface area contributed by atoms with E-state index in [0.29, 0.717) is 39.7 Å². The van der Waals surface area contributed by atoms with Crippen molar-refractivity contribution in [1.82, 2.24) is 4.98 Å². The molecule has 1 atom stereocenters. The van der Waals surface area contributed by atoms with Gasteiger partial charge in [0.2, 0.25) is 0 Å². The molecule has 0 aliphatic rings. The van der Waals surface area contributed by atoms with Gasteiger partial charge in [-0.3, -0.25) is 5.32 Å². The van der Waals surface area contributed by atoms with Crippen LogP contribution in [0.2, 0.25) is 0 Å². The van der Waals surface area contributed by atoms with Crippen LogP contribution in [0.1, 0.15) is 76.8 Å². The Labute approximate surface area is 326 Å². The lowest BCUT2D eigenvalue weighted by molar-refractivity contribution is -0.138. The zero-order valence-electron chi connectivity index (χ0n) is 32.8. The van der Waals surface area contributed by atoms with E-state index >= 15 is 0 Å². The molecule has 0 radical (unpaired) electrons. The van der Waals surface area contributed by atoms with Gasteiger partial charge in [-0.2, -0.15) is 4.90 Å². The predicted molar refractivity (Wildman–Crippen MR) is 213 cm³/mol. The van der Waals surface area contributed by atoms with Crippen LogP contribution in [-0.4, -0.2) is 66.3 Å². The van der Waals surface area contributed by atoms with Gasteiger partial charge < -0.3 is 30.4 Å². The molecule has 0 bridgehead atoms. The molecule has 0 spiro atoms. The number of rotatable bonds is 12. The van der Waals surface area contributed by atoms with Crippen molar-refractivity contribution in [3.63, 3.8) is 0 Å². The summed E-state index contributed by atoms with van der Waals surface area (Å²) in [7, 11) is -3.48. The van der Waals surface area contributed by atoms with E-state index in [1.54, 1.807) is 90.9 Å². The number of aryl methyl sites for hydroxylation is 1. The molecule has 4 aromatic rings. The van der Waals surface area contributed by atoms with Gasteiger partial charge in [0.25, 0.3) is 0 Å². The Morgan fingerprint density at radius 1 is 0.875 bits per heavy atom. The van der Waals surface area contributed by atoms with E-state index in [-0.39, 0.29) is 29.6 Å². The van der Waals surface area contributed by atoms with Crippen LogP contribution in [0.15, 0.2) is 71.8 Å². The number of carboxylic acids is 1. The second kappa shape index (κ2) is 17.4. The standard InChI is InChI=1S/C40H49N5O10S/c1-9-56(51,52)32-15-13-30(22-28(32)23-41)44-36(48)53-19-17-25-10-11-27(20-24(25)2)33(35(46)47)43-29-12-14-31-26(21-29)16-18-42-34(31)45(37(49)54-39(3,4)5)38(50)55-40(6,7)8/h10-16,18,20-22,33,43H,9,17,19,23,41H2,1-8H3,(H,44,48)(H,46,47). The van der Waals surface area contributed by atoms with Crippen molar-refractivity contribution >= 4 is 62.1 Å². The zero-order chi connectivity index (χ0) is 41.6. The monoisotopic (exact) mass is 791 g/mol. The van der Waals surface area contributed by atoms with Crippen LogP contribution in [0.3, 0.4) is 0 Å². The van der Waals surface area contributed by atoms with Crippen molar-refractivity contribution in [1.29, 1.82) is 0 Å². The van der Waals surface area contributed by atoms with E-state index in [1.165, 1.54) is 24.4 Å². The number of amides is 3. The fraction of sp³-hybridized carbons (Fsp3) is 0.375. The van der Waals surface area contributed by atoms with Gasteiger partial charge in [-0.1, -0.05) is 25.1 Å². The summed E-state index contributed by atoms with van der Waals surface area (Å²) in [4.78, 5) is 56.8. The lowest BCUT2D eigenvalue weighted by atomic mass is 9.98. The summed E-state index contributed by atoms with van der Waals surface area (Å²) in [5.41, 5.74) is 7.16. The fourth-order valence-electron chi connectivity index (χ4n) is 5.61. The smallest absolute Gasteiger partial charge is 0.425 e. The number of sulfone groups is 1. The SMILES string of the molecule is CCS(=O)(=O)c1ccc(NC(=O)OCCc2ccc(C(Nc3ccc4c(N(C(=O)OC(C)(C)C)C(=O)OC(C)(C)C)nccc4c3)C(=O)O)cc2C)cc1CN. The highest BCUT2D eigenvalue weighted by Crippen LogP contribution is 2.31. The Hall–Kier alpha value is -5.74. The fourth-order valence-corrected chi connectivity index (χ4v) is 6.74. The second-order valence-electron chi connectivity index (χ2n) is 14.9. The van der Waals surface area contributed by atoms with E-state index in [2.05, 4.69) is 15.6 Å². The zero-order valence-corrected chi connectivity index (χ0v) is 33.6. The third-order valence-corrected chi connectivity index (χ3v) is 10.0. The molecule has 1 unspecified atom stereocenters. The lowest BCUT2D eigenvalue weighted by Gasteiger charge is -2.28. The molecule has 1 heterocycles. The maximum Gasteiger partial charge on any atom is 0.425 e. The molecular formula is C40H49N5O10S. The number of carboxylic acid groups (broad SMARTS) is 1. The van der Waals surface area contributed by atoms with Crippen molar-refractivity contribution < 1.29 is 46.9 Å². The lowest BCUT2D eigenvalue weighted by Crippen LogP contribution is -2.44. The van der Waals surface area contributed by atoms with Gasteiger partial charge in [-0.05, 0) is 119 Å². The van der Waals surface area contributed by atoms with Crippen LogP contribution in [0, 0.1) is 6.92 Å². The first-order chi connectivity index (χ1) is 26.1. The summed E-state index contributed by atoms with van der Waals surface area (Å²) in [6.45, 7) is 13.4. The normalized spacial score (nSPS) is 12.4. The minimum Gasteiger partial charge on any atom is -0.479 e. The van der Waals surface area contributed by atoms with Crippen molar-refractivity contribution in [2.75, 3.05) is 27.9 Å². The number of carbonyl (C=O) groups is 4. The largest absolute Gasteiger partial charge is 0.479 e. The Bertz CT molecular complexity index is 2200. The summed E-state index contributed by atoms with van der Waals surface area (Å²) in [6.07, 6.45) is -0.904. The molecule has 1 aromatic heterocycles. The van der Waals surface area contributed by atoms with E-state index in [1.807, 2.05) is 6.92 Å². The average Bonchev–Trinajstić information content (AvgIpc) is 3.09. The molecule has 0 aliphatic heterocycles. The number of aromatic nitrogens is 1. The third-order valence-electron chi connectivity index (χ3n) is 8.21. The highest BCUT2D eigenvalue weighted by molar-refractivity contribution is 7.91. The molecule has 16 heteroatoms. The van der Waals surface area contributed by atoms with E-state index in [0.717, 1.165) is 16.0 Å². The number of benzene rings is 3. The number of imide groups is 1. The van der Waals surface area contributed by atoms with E-state index < -0.39 is 51.3 Å². The van der Waals surface area contributed by atoms with Gasteiger partial charge in [0.05, 0.1) is 17.3 Å². The number of anilines is 3. The minimum absolute atomic E-state index is 0.0144. The molecule has 3 aromatic carbocycles. The van der Waals surface area contributed by atoms with E-state index in [4.69, 9.17) is 19.9 Å².